The van der Waals surface area contributed by atoms with E-state index in [9.17, 15) is 13.2 Å². The number of rotatable bonds is 7. The van der Waals surface area contributed by atoms with Crippen LogP contribution in [0.4, 0.5) is 5.69 Å². The summed E-state index contributed by atoms with van der Waals surface area (Å²) < 4.78 is 27.7. The first-order valence-electron chi connectivity index (χ1n) is 8.39. The Morgan fingerprint density at radius 2 is 1.81 bits per heavy atom. The third-order valence-corrected chi connectivity index (χ3v) is 5.91. The summed E-state index contributed by atoms with van der Waals surface area (Å²) in [4.78, 5) is 14.1. The van der Waals surface area contributed by atoms with E-state index in [0.29, 0.717) is 28.4 Å². The minimum Gasteiger partial charge on any atom is -0.342 e. The lowest BCUT2D eigenvalue weighted by Gasteiger charge is -2.17. The van der Waals surface area contributed by atoms with Crippen molar-refractivity contribution in [3.63, 3.8) is 0 Å². The van der Waals surface area contributed by atoms with Gasteiger partial charge in [0.15, 0.2) is 0 Å². The van der Waals surface area contributed by atoms with Crippen molar-refractivity contribution in [1.29, 1.82) is 0 Å². The van der Waals surface area contributed by atoms with Gasteiger partial charge in [0.2, 0.25) is 0 Å². The molecule has 0 fully saturated rings. The monoisotopic (exact) mass is 394 g/mol. The van der Waals surface area contributed by atoms with Crippen molar-refractivity contribution in [1.82, 2.24) is 4.90 Å². The predicted molar refractivity (Wildman–Crippen MR) is 105 cm³/mol. The summed E-state index contributed by atoms with van der Waals surface area (Å²) in [5, 5.41) is 0.487. The van der Waals surface area contributed by atoms with Crippen LogP contribution in [0.1, 0.15) is 35.7 Å². The number of hydrogen-bond donors (Lipinski definition) is 1. The van der Waals surface area contributed by atoms with Gasteiger partial charge in [0.1, 0.15) is 0 Å². The molecule has 26 heavy (non-hydrogen) atoms. The average molecular weight is 395 g/mol. The van der Waals surface area contributed by atoms with E-state index in [1.165, 1.54) is 24.3 Å². The number of hydrogen-bond acceptors (Lipinski definition) is 3. The van der Waals surface area contributed by atoms with Crippen LogP contribution in [0.5, 0.6) is 0 Å². The smallest absolute Gasteiger partial charge is 0.261 e. The number of nitrogens with zero attached hydrogens (tertiary/aromatic N) is 1. The second-order valence-corrected chi connectivity index (χ2v) is 8.21. The lowest BCUT2D eigenvalue weighted by atomic mass is 10.2. The zero-order chi connectivity index (χ0) is 19.3. The normalized spacial score (nSPS) is 11.2. The fourth-order valence-corrected chi connectivity index (χ4v) is 3.71. The molecule has 1 N–H and O–H groups in total. The van der Waals surface area contributed by atoms with E-state index in [2.05, 4.69) is 11.6 Å². The van der Waals surface area contributed by atoms with Crippen LogP contribution in [0.25, 0.3) is 0 Å². The first-order chi connectivity index (χ1) is 12.3. The maximum absolute atomic E-state index is 12.6. The summed E-state index contributed by atoms with van der Waals surface area (Å²) in [7, 11) is -2.02. The van der Waals surface area contributed by atoms with Gasteiger partial charge in [0.05, 0.1) is 10.6 Å². The van der Waals surface area contributed by atoms with Gasteiger partial charge < -0.3 is 4.90 Å². The summed E-state index contributed by atoms with van der Waals surface area (Å²) in [6.45, 7) is 4.48. The number of unbranched alkanes of at least 4 members (excludes halogenated alkanes) is 1. The molecule has 0 radical (unpaired) electrons. The lowest BCUT2D eigenvalue weighted by molar-refractivity contribution is 0.0793. The van der Waals surface area contributed by atoms with Crippen molar-refractivity contribution in [3.8, 4) is 0 Å². The van der Waals surface area contributed by atoms with Crippen LogP contribution in [-0.4, -0.2) is 32.8 Å². The van der Waals surface area contributed by atoms with Crippen LogP contribution in [0, 0.1) is 6.92 Å². The Hall–Kier alpha value is -2.05. The molecule has 1 amide bonds. The Morgan fingerprint density at radius 3 is 2.42 bits per heavy atom. The van der Waals surface area contributed by atoms with E-state index >= 15 is 0 Å². The molecule has 0 aliphatic rings. The molecule has 2 rings (SSSR count). The van der Waals surface area contributed by atoms with Gasteiger partial charge in [-0.15, -0.1) is 0 Å². The van der Waals surface area contributed by atoms with Gasteiger partial charge in [-0.3, -0.25) is 9.52 Å². The Labute approximate surface area is 160 Å². The van der Waals surface area contributed by atoms with Crippen LogP contribution in [-0.2, 0) is 10.0 Å². The molecule has 0 heterocycles. The molecule has 0 atom stereocenters. The highest BCUT2D eigenvalue weighted by atomic mass is 35.5. The quantitative estimate of drug-likeness (QED) is 0.760. The van der Waals surface area contributed by atoms with Gasteiger partial charge in [0.25, 0.3) is 15.9 Å². The standard InChI is InChI=1S/C19H23ClN2O3S/c1-4-5-13-22(3)19(23)15-9-11-16(12-10-15)26(24,25)21-18-8-6-7-17(20)14(18)2/h6-12,21H,4-5,13H2,1-3H3. The highest BCUT2D eigenvalue weighted by Gasteiger charge is 2.17. The number of amides is 1. The summed E-state index contributed by atoms with van der Waals surface area (Å²) in [5.74, 6) is -0.124. The summed E-state index contributed by atoms with van der Waals surface area (Å²) in [5.41, 5.74) is 1.54. The molecule has 0 spiro atoms. The average Bonchev–Trinajstić information content (AvgIpc) is 2.63. The molecule has 0 unspecified atom stereocenters. The number of halogens is 1. The Bertz CT molecular complexity index is 880. The third kappa shape index (κ3) is 4.77. The Kier molecular flexibility index (Phi) is 6.67. The highest BCUT2D eigenvalue weighted by molar-refractivity contribution is 7.92. The van der Waals surface area contributed by atoms with E-state index < -0.39 is 10.0 Å². The van der Waals surface area contributed by atoms with Gasteiger partial charge in [-0.25, -0.2) is 8.42 Å². The van der Waals surface area contributed by atoms with Crippen molar-refractivity contribution >= 4 is 33.2 Å². The van der Waals surface area contributed by atoms with Gasteiger partial charge >= 0.3 is 0 Å². The SMILES string of the molecule is CCCCN(C)C(=O)c1ccc(S(=O)(=O)Nc2cccc(Cl)c2C)cc1. The second kappa shape index (κ2) is 8.56. The van der Waals surface area contributed by atoms with Crippen LogP contribution in [0.3, 0.4) is 0 Å². The number of anilines is 1. The third-order valence-electron chi connectivity index (χ3n) is 4.12. The number of sulfonamides is 1. The van der Waals surface area contributed by atoms with E-state index in [1.807, 2.05) is 0 Å². The molecule has 0 saturated carbocycles. The summed E-state index contributed by atoms with van der Waals surface area (Å²) >= 11 is 6.03. The zero-order valence-electron chi connectivity index (χ0n) is 15.1. The fraction of sp³-hybridized carbons (Fsp3) is 0.316. The molecule has 0 aliphatic heterocycles. The van der Waals surface area contributed by atoms with Crippen molar-refractivity contribution in [2.45, 2.75) is 31.6 Å². The Morgan fingerprint density at radius 1 is 1.15 bits per heavy atom. The molecular weight excluding hydrogens is 372 g/mol. The van der Waals surface area contributed by atoms with E-state index in [-0.39, 0.29) is 10.8 Å². The second-order valence-electron chi connectivity index (χ2n) is 6.12. The molecule has 0 aliphatic carbocycles. The van der Waals surface area contributed by atoms with Crippen molar-refractivity contribution in [2.75, 3.05) is 18.3 Å². The van der Waals surface area contributed by atoms with Gasteiger partial charge in [0, 0.05) is 24.2 Å². The lowest BCUT2D eigenvalue weighted by Crippen LogP contribution is -2.27. The number of carbonyl (C=O) groups excluding carboxylic acids is 1. The number of carbonyl (C=O) groups is 1. The van der Waals surface area contributed by atoms with Gasteiger partial charge in [-0.05, 0) is 55.3 Å². The minimum atomic E-state index is -3.76. The Balaban J connectivity index is 2.18. The maximum Gasteiger partial charge on any atom is 0.261 e. The fourth-order valence-electron chi connectivity index (χ4n) is 2.42. The number of benzene rings is 2. The first-order valence-corrected chi connectivity index (χ1v) is 10.3. The molecular formula is C19H23ClN2O3S. The van der Waals surface area contributed by atoms with Gasteiger partial charge in [-0.2, -0.15) is 0 Å². The van der Waals surface area contributed by atoms with Crippen molar-refractivity contribution in [3.05, 3.63) is 58.6 Å². The molecule has 0 aromatic heterocycles. The van der Waals surface area contributed by atoms with Gasteiger partial charge in [-0.1, -0.05) is 31.0 Å². The number of nitrogens with one attached hydrogen (secondary N) is 1. The van der Waals surface area contributed by atoms with Crippen molar-refractivity contribution < 1.29 is 13.2 Å². The van der Waals surface area contributed by atoms with E-state index in [4.69, 9.17) is 11.6 Å². The summed E-state index contributed by atoms with van der Waals surface area (Å²) in [6, 6.07) is 11.0. The topological polar surface area (TPSA) is 66.5 Å². The van der Waals surface area contributed by atoms with Crippen LogP contribution >= 0.6 is 11.6 Å². The first kappa shape index (κ1) is 20.3. The molecule has 2 aromatic carbocycles. The maximum atomic E-state index is 12.6. The molecule has 0 bridgehead atoms. The zero-order valence-corrected chi connectivity index (χ0v) is 16.7. The molecule has 140 valence electrons. The van der Waals surface area contributed by atoms with E-state index in [1.54, 1.807) is 37.1 Å². The molecule has 7 heteroatoms. The largest absolute Gasteiger partial charge is 0.342 e. The molecule has 0 saturated heterocycles. The minimum absolute atomic E-state index is 0.0876. The summed E-state index contributed by atoms with van der Waals surface area (Å²) in [6.07, 6.45) is 1.93. The molecule has 5 nitrogen and oxygen atoms in total. The van der Waals surface area contributed by atoms with E-state index in [0.717, 1.165) is 12.8 Å². The predicted octanol–water partition coefficient (Wildman–Crippen LogP) is 4.32. The highest BCUT2D eigenvalue weighted by Crippen LogP contribution is 2.25. The van der Waals surface area contributed by atoms with Crippen LogP contribution < -0.4 is 4.72 Å². The molecule has 2 aromatic rings. The van der Waals surface area contributed by atoms with Crippen LogP contribution in [0.2, 0.25) is 5.02 Å². The van der Waals surface area contributed by atoms with Crippen LogP contribution in [0.15, 0.2) is 47.4 Å². The van der Waals surface area contributed by atoms with Crippen molar-refractivity contribution in [2.24, 2.45) is 0 Å².